The first-order valence-corrected chi connectivity index (χ1v) is 18.1. The Morgan fingerprint density at radius 2 is 1.59 bits per heavy atom. The van der Waals surface area contributed by atoms with E-state index >= 15 is 0 Å². The largest absolute Gasteiger partial charge is 0.493 e. The summed E-state index contributed by atoms with van der Waals surface area (Å²) in [6.07, 6.45) is 3.60. The maximum Gasteiger partial charge on any atom is 0.490 e. The van der Waals surface area contributed by atoms with Gasteiger partial charge in [-0.05, 0) is 87.5 Å². The molecule has 51 heavy (non-hydrogen) atoms. The van der Waals surface area contributed by atoms with E-state index in [1.165, 1.54) is 44.3 Å². The van der Waals surface area contributed by atoms with Gasteiger partial charge in [-0.25, -0.2) is 4.79 Å². The zero-order valence-corrected chi connectivity index (χ0v) is 30.7. The van der Waals surface area contributed by atoms with Crippen LogP contribution in [0.25, 0.3) is 11.1 Å². The number of carbonyl (C=O) groups is 2. The van der Waals surface area contributed by atoms with Crippen molar-refractivity contribution >= 4 is 17.8 Å². The summed E-state index contributed by atoms with van der Waals surface area (Å²) in [7, 11) is 1.70. The number of guanidine groups is 1. The number of ether oxygens (including phenoxy) is 2. The lowest BCUT2D eigenvalue weighted by atomic mass is 9.98. The monoisotopic (exact) mass is 721 g/mol. The van der Waals surface area contributed by atoms with Crippen LogP contribution in [0.2, 0.25) is 0 Å². The van der Waals surface area contributed by atoms with Crippen LogP contribution in [0.15, 0.2) is 42.5 Å². The number of nitrogens with zero attached hydrogens (tertiary/aromatic N) is 2. The van der Waals surface area contributed by atoms with Gasteiger partial charge in [0, 0.05) is 51.3 Å². The molecular weight excluding hydrogens is 663 g/mol. The van der Waals surface area contributed by atoms with Gasteiger partial charge in [0.1, 0.15) is 5.75 Å². The number of aliphatic carboxylic acids is 1. The molecule has 0 aromatic heterocycles. The number of piperidine rings is 1. The lowest BCUT2D eigenvalue weighted by molar-refractivity contribution is -0.192. The lowest BCUT2D eigenvalue weighted by Gasteiger charge is -2.38. The van der Waals surface area contributed by atoms with Crippen LogP contribution in [-0.2, 0) is 27.3 Å². The number of carbonyl (C=O) groups excluding carboxylic acids is 1. The number of hydrogen-bond donors (Lipinski definition) is 4. The molecule has 2 aromatic carbocycles. The van der Waals surface area contributed by atoms with E-state index in [9.17, 15) is 18.0 Å². The molecular formula is C38H58F3N5O5. The standard InChI is InChI=1S/C36H57N5O3.C2HF3O2/c1-5-8-20-38-36(37)39-35(42)17-13-29-12-16-33(34(27-29)44-26-9-25-43-4)31-14-10-30(11-15-31)28-40-23-18-32(19-24-40)41(21-6-2)22-7-3;3-2(4,5)1(6)7/h10-12,14-16,27,32H,5-9,13,17-26,28H2,1-4H3,(H3,37,38,39,42);(H,6,7). The van der Waals surface area contributed by atoms with Gasteiger partial charge in [-0.1, -0.05) is 63.6 Å². The molecule has 1 amide bonds. The van der Waals surface area contributed by atoms with Gasteiger partial charge in [-0.15, -0.1) is 0 Å². The van der Waals surface area contributed by atoms with Crippen molar-refractivity contribution < 1.29 is 37.3 Å². The summed E-state index contributed by atoms with van der Waals surface area (Å²) in [6.45, 7) is 14.3. The molecule has 0 radical (unpaired) electrons. The zero-order valence-electron chi connectivity index (χ0n) is 30.7. The fourth-order valence-electron chi connectivity index (χ4n) is 5.90. The van der Waals surface area contributed by atoms with E-state index in [0.717, 1.165) is 67.4 Å². The van der Waals surface area contributed by atoms with E-state index in [0.29, 0.717) is 32.6 Å². The van der Waals surface area contributed by atoms with Crippen molar-refractivity contribution in [2.24, 2.45) is 0 Å². The van der Waals surface area contributed by atoms with E-state index < -0.39 is 12.1 Å². The number of nitrogens with one attached hydrogen (secondary N) is 3. The number of rotatable bonds is 19. The second-order valence-electron chi connectivity index (χ2n) is 12.8. The third kappa shape index (κ3) is 16.9. The van der Waals surface area contributed by atoms with E-state index in [4.69, 9.17) is 24.8 Å². The van der Waals surface area contributed by atoms with Gasteiger partial charge in [-0.2, -0.15) is 13.2 Å². The van der Waals surface area contributed by atoms with Crippen molar-refractivity contribution in [3.8, 4) is 16.9 Å². The summed E-state index contributed by atoms with van der Waals surface area (Å²) in [6, 6.07) is 15.9. The van der Waals surface area contributed by atoms with E-state index in [-0.39, 0.29) is 11.9 Å². The van der Waals surface area contributed by atoms with Crippen molar-refractivity contribution in [2.45, 2.75) is 97.3 Å². The fraction of sp³-hybridized carbons (Fsp3) is 0.605. The summed E-state index contributed by atoms with van der Waals surface area (Å²) in [5.74, 6) is -2.02. The summed E-state index contributed by atoms with van der Waals surface area (Å²) in [4.78, 5) is 26.6. The molecule has 0 aliphatic carbocycles. The van der Waals surface area contributed by atoms with Crippen molar-refractivity contribution in [1.29, 1.82) is 5.41 Å². The highest BCUT2D eigenvalue weighted by molar-refractivity contribution is 5.95. The van der Waals surface area contributed by atoms with Gasteiger partial charge in [-0.3, -0.25) is 20.4 Å². The van der Waals surface area contributed by atoms with Crippen molar-refractivity contribution in [3.63, 3.8) is 0 Å². The van der Waals surface area contributed by atoms with Gasteiger partial charge in [0.15, 0.2) is 5.96 Å². The molecule has 1 heterocycles. The number of likely N-dealkylation sites (tertiary alicyclic amines) is 1. The Morgan fingerprint density at radius 3 is 2.16 bits per heavy atom. The number of amides is 1. The molecule has 4 N–H and O–H groups in total. The van der Waals surface area contributed by atoms with Crippen LogP contribution in [0.4, 0.5) is 13.2 Å². The van der Waals surface area contributed by atoms with Gasteiger partial charge >= 0.3 is 12.1 Å². The molecule has 1 aliphatic rings. The first kappa shape index (κ1) is 43.5. The number of halogens is 3. The van der Waals surface area contributed by atoms with Gasteiger partial charge in [0.2, 0.25) is 5.91 Å². The number of alkyl halides is 3. The SMILES string of the molecule is CCCCNC(=N)NC(=O)CCc1ccc(-c2ccc(CN3CCC(N(CCC)CCC)CC3)cc2)c(OCCCOC)c1.O=C(O)C(F)(F)F. The van der Waals surface area contributed by atoms with E-state index in [1.54, 1.807) is 7.11 Å². The normalized spacial score (nSPS) is 13.7. The highest BCUT2D eigenvalue weighted by Crippen LogP contribution is 2.32. The van der Waals surface area contributed by atoms with Crippen LogP contribution in [-0.4, -0.2) is 98.0 Å². The third-order valence-corrected chi connectivity index (χ3v) is 8.54. The van der Waals surface area contributed by atoms with Crippen LogP contribution in [0, 0.1) is 5.41 Å². The van der Waals surface area contributed by atoms with Crippen molar-refractivity contribution in [2.75, 3.05) is 53.0 Å². The number of unbranched alkanes of at least 4 members (excludes halogenated alkanes) is 1. The van der Waals surface area contributed by atoms with Gasteiger partial charge in [0.05, 0.1) is 6.61 Å². The molecule has 1 fully saturated rings. The fourth-order valence-corrected chi connectivity index (χ4v) is 5.90. The second kappa shape index (κ2) is 23.7. The number of carboxylic acids is 1. The van der Waals surface area contributed by atoms with Gasteiger partial charge in [0.25, 0.3) is 0 Å². The molecule has 2 aromatic rings. The summed E-state index contributed by atoms with van der Waals surface area (Å²) < 4.78 is 43.2. The Kier molecular flexibility index (Phi) is 20.2. The predicted molar refractivity (Wildman–Crippen MR) is 195 cm³/mol. The maximum absolute atomic E-state index is 12.4. The number of hydrogen-bond acceptors (Lipinski definition) is 7. The molecule has 0 unspecified atom stereocenters. The Bertz CT molecular complexity index is 1310. The Hall–Kier alpha value is -3.68. The second-order valence-corrected chi connectivity index (χ2v) is 12.8. The molecule has 10 nitrogen and oxygen atoms in total. The first-order valence-electron chi connectivity index (χ1n) is 18.1. The van der Waals surface area contributed by atoms with Crippen molar-refractivity contribution in [3.05, 3.63) is 53.6 Å². The van der Waals surface area contributed by atoms with Crippen LogP contribution in [0.5, 0.6) is 5.75 Å². The summed E-state index contributed by atoms with van der Waals surface area (Å²) in [5.41, 5.74) is 4.55. The lowest BCUT2D eigenvalue weighted by Crippen LogP contribution is -2.45. The minimum atomic E-state index is -5.08. The average molecular weight is 722 g/mol. The van der Waals surface area contributed by atoms with Crippen LogP contribution >= 0.6 is 0 Å². The minimum absolute atomic E-state index is 0.0690. The summed E-state index contributed by atoms with van der Waals surface area (Å²) >= 11 is 0. The summed E-state index contributed by atoms with van der Waals surface area (Å²) in [5, 5.41) is 20.6. The van der Waals surface area contributed by atoms with E-state index in [1.807, 2.05) is 0 Å². The van der Waals surface area contributed by atoms with E-state index in [2.05, 4.69) is 83.7 Å². The van der Waals surface area contributed by atoms with Crippen LogP contribution in [0.3, 0.4) is 0 Å². The molecule has 0 bridgehead atoms. The molecule has 13 heteroatoms. The molecule has 3 rings (SSSR count). The predicted octanol–water partition coefficient (Wildman–Crippen LogP) is 6.86. The molecule has 0 atom stereocenters. The number of carboxylic acid groups (broad SMARTS) is 1. The van der Waals surface area contributed by atoms with Crippen LogP contribution in [0.1, 0.15) is 83.3 Å². The topological polar surface area (TPSA) is 127 Å². The third-order valence-electron chi connectivity index (χ3n) is 8.54. The Labute approximate surface area is 301 Å². The molecule has 0 saturated carbocycles. The number of methoxy groups -OCH3 is 1. The van der Waals surface area contributed by atoms with Gasteiger partial charge < -0.3 is 24.8 Å². The smallest absolute Gasteiger partial charge is 0.490 e. The number of aryl methyl sites for hydroxylation is 1. The molecule has 1 saturated heterocycles. The Balaban J connectivity index is 0.00000116. The molecule has 286 valence electrons. The number of benzene rings is 2. The van der Waals surface area contributed by atoms with Crippen LogP contribution < -0.4 is 15.4 Å². The quantitative estimate of drug-likeness (QED) is 0.0705. The highest BCUT2D eigenvalue weighted by Gasteiger charge is 2.38. The minimum Gasteiger partial charge on any atom is -0.493 e. The Morgan fingerprint density at radius 1 is 0.961 bits per heavy atom. The molecule has 1 aliphatic heterocycles. The molecule has 0 spiro atoms. The average Bonchev–Trinajstić information content (AvgIpc) is 3.10. The zero-order chi connectivity index (χ0) is 37.6. The van der Waals surface area contributed by atoms with Crippen molar-refractivity contribution in [1.82, 2.24) is 20.4 Å². The highest BCUT2D eigenvalue weighted by atomic mass is 19.4. The maximum atomic E-state index is 12.4. The first-order chi connectivity index (χ1) is 24.4.